The molecule has 1 N–H and O–H groups in total. The minimum atomic E-state index is -1.15. The average molecular weight is 318 g/mol. The first-order valence-electron chi connectivity index (χ1n) is 4.57. The van der Waals surface area contributed by atoms with Crippen molar-refractivity contribution in [3.8, 4) is 0 Å². The van der Waals surface area contributed by atoms with Crippen LogP contribution in [0.5, 0.6) is 0 Å². The van der Waals surface area contributed by atoms with Crippen LogP contribution in [0.3, 0.4) is 0 Å². The lowest BCUT2D eigenvalue weighted by Crippen LogP contribution is -2.25. The SMILES string of the molecule is O=C(O)Cn1c(Cl)nc2c(Br)cccc2c1=O. The quantitative estimate of drug-likeness (QED) is 0.859. The summed E-state index contributed by atoms with van der Waals surface area (Å²) < 4.78 is 1.55. The van der Waals surface area contributed by atoms with Gasteiger partial charge in [0.2, 0.25) is 5.28 Å². The molecule has 0 amide bonds. The van der Waals surface area contributed by atoms with Crippen LogP contribution in [0.4, 0.5) is 0 Å². The molecule has 2 rings (SSSR count). The second kappa shape index (κ2) is 4.46. The summed E-state index contributed by atoms with van der Waals surface area (Å²) in [6, 6.07) is 4.98. The zero-order valence-electron chi connectivity index (χ0n) is 8.35. The fourth-order valence-electron chi connectivity index (χ4n) is 1.46. The summed E-state index contributed by atoms with van der Waals surface area (Å²) in [5.41, 5.74) is -0.0483. The molecule has 0 unspecified atom stereocenters. The van der Waals surface area contributed by atoms with Crippen molar-refractivity contribution in [2.45, 2.75) is 6.54 Å². The third-order valence-electron chi connectivity index (χ3n) is 2.18. The van der Waals surface area contributed by atoms with Gasteiger partial charge in [0.25, 0.3) is 5.56 Å². The first-order chi connectivity index (χ1) is 8.00. The van der Waals surface area contributed by atoms with E-state index in [0.717, 1.165) is 4.57 Å². The normalized spacial score (nSPS) is 10.7. The molecule has 0 radical (unpaired) electrons. The Balaban J connectivity index is 2.81. The fraction of sp³-hybridized carbons (Fsp3) is 0.100. The first kappa shape index (κ1) is 12.1. The molecule has 0 spiro atoms. The second-order valence-corrected chi connectivity index (χ2v) is 4.49. The summed E-state index contributed by atoms with van der Waals surface area (Å²) >= 11 is 9.05. The van der Waals surface area contributed by atoms with E-state index in [-0.39, 0.29) is 5.28 Å². The Morgan fingerprint density at radius 2 is 2.24 bits per heavy atom. The van der Waals surface area contributed by atoms with E-state index in [4.69, 9.17) is 16.7 Å². The summed E-state index contributed by atoms with van der Waals surface area (Å²) in [6.07, 6.45) is 0. The molecular weight excluding hydrogens is 311 g/mol. The van der Waals surface area contributed by atoms with Gasteiger partial charge in [0.1, 0.15) is 6.54 Å². The van der Waals surface area contributed by atoms with Gasteiger partial charge in [0.15, 0.2) is 0 Å². The third kappa shape index (κ3) is 2.18. The molecule has 0 aliphatic heterocycles. The van der Waals surface area contributed by atoms with E-state index in [2.05, 4.69) is 20.9 Å². The molecule has 1 aromatic carbocycles. The molecule has 1 heterocycles. The summed E-state index contributed by atoms with van der Waals surface area (Å²) in [6.45, 7) is -0.507. The van der Waals surface area contributed by atoms with Crippen LogP contribution in [0.1, 0.15) is 0 Å². The van der Waals surface area contributed by atoms with Gasteiger partial charge in [0.05, 0.1) is 10.9 Å². The number of carboxylic acids is 1. The van der Waals surface area contributed by atoms with Crippen molar-refractivity contribution in [2.24, 2.45) is 0 Å². The molecule has 5 nitrogen and oxygen atoms in total. The van der Waals surface area contributed by atoms with Gasteiger partial charge in [-0.2, -0.15) is 0 Å². The predicted octanol–water partition coefficient (Wildman–Crippen LogP) is 1.90. The van der Waals surface area contributed by atoms with Gasteiger partial charge in [-0.15, -0.1) is 0 Å². The van der Waals surface area contributed by atoms with Crippen molar-refractivity contribution in [2.75, 3.05) is 0 Å². The number of halogens is 2. The fourth-order valence-corrected chi connectivity index (χ4v) is 2.13. The Kier molecular flexibility index (Phi) is 3.17. The minimum Gasteiger partial charge on any atom is -0.480 e. The number of fused-ring (bicyclic) bond motifs is 1. The van der Waals surface area contributed by atoms with Crippen LogP contribution in [-0.2, 0) is 11.3 Å². The van der Waals surface area contributed by atoms with Crippen LogP contribution in [0.25, 0.3) is 10.9 Å². The van der Waals surface area contributed by atoms with E-state index in [1.54, 1.807) is 18.2 Å². The highest BCUT2D eigenvalue weighted by Gasteiger charge is 2.13. The zero-order chi connectivity index (χ0) is 12.6. The molecule has 0 atom stereocenters. The third-order valence-corrected chi connectivity index (χ3v) is 3.11. The van der Waals surface area contributed by atoms with Crippen molar-refractivity contribution < 1.29 is 9.90 Å². The van der Waals surface area contributed by atoms with Gasteiger partial charge in [-0.3, -0.25) is 14.2 Å². The van der Waals surface area contributed by atoms with Gasteiger partial charge in [-0.25, -0.2) is 4.98 Å². The Bertz CT molecular complexity index is 668. The Morgan fingerprint density at radius 3 is 2.88 bits per heavy atom. The van der Waals surface area contributed by atoms with Crippen LogP contribution < -0.4 is 5.56 Å². The minimum absolute atomic E-state index is 0.142. The molecule has 1 aromatic heterocycles. The number of aliphatic carboxylic acids is 1. The molecule has 2 aromatic rings. The van der Waals surface area contributed by atoms with Crippen LogP contribution in [0, 0.1) is 0 Å². The van der Waals surface area contributed by atoms with Crippen molar-refractivity contribution in [3.63, 3.8) is 0 Å². The lowest BCUT2D eigenvalue weighted by atomic mass is 10.2. The summed E-state index contributed by atoms with van der Waals surface area (Å²) in [7, 11) is 0. The number of benzene rings is 1. The Labute approximate surface area is 109 Å². The first-order valence-corrected chi connectivity index (χ1v) is 5.74. The van der Waals surface area contributed by atoms with Gasteiger partial charge in [0, 0.05) is 4.47 Å². The molecule has 17 heavy (non-hydrogen) atoms. The summed E-state index contributed by atoms with van der Waals surface area (Å²) in [5, 5.41) is 8.87. The monoisotopic (exact) mass is 316 g/mol. The summed E-state index contributed by atoms with van der Waals surface area (Å²) in [5.74, 6) is -1.15. The molecule has 0 saturated heterocycles. The van der Waals surface area contributed by atoms with E-state index < -0.39 is 18.1 Å². The number of rotatable bonds is 2. The van der Waals surface area contributed by atoms with Crippen LogP contribution in [0.2, 0.25) is 5.28 Å². The molecule has 0 saturated carbocycles. The highest BCUT2D eigenvalue weighted by atomic mass is 79.9. The smallest absolute Gasteiger partial charge is 0.323 e. The molecule has 0 aliphatic rings. The topological polar surface area (TPSA) is 72.2 Å². The van der Waals surface area contributed by atoms with Crippen LogP contribution >= 0.6 is 27.5 Å². The number of hydrogen-bond donors (Lipinski definition) is 1. The van der Waals surface area contributed by atoms with E-state index in [9.17, 15) is 9.59 Å². The van der Waals surface area contributed by atoms with Gasteiger partial charge >= 0.3 is 5.97 Å². The standard InChI is InChI=1S/C10H6BrClN2O3/c11-6-3-1-2-5-8(6)13-10(12)14(9(5)17)4-7(15)16/h1-3H,4H2,(H,15,16). The van der Waals surface area contributed by atoms with Crippen molar-refractivity contribution in [1.82, 2.24) is 9.55 Å². The molecular formula is C10H6BrClN2O3. The lowest BCUT2D eigenvalue weighted by Gasteiger charge is -2.07. The summed E-state index contributed by atoms with van der Waals surface area (Å²) in [4.78, 5) is 26.6. The van der Waals surface area contributed by atoms with Crippen molar-refractivity contribution >= 4 is 44.4 Å². The number of carboxylic acid groups (broad SMARTS) is 1. The van der Waals surface area contributed by atoms with E-state index in [1.807, 2.05) is 0 Å². The van der Waals surface area contributed by atoms with E-state index >= 15 is 0 Å². The largest absolute Gasteiger partial charge is 0.480 e. The van der Waals surface area contributed by atoms with Gasteiger partial charge in [-0.1, -0.05) is 6.07 Å². The van der Waals surface area contributed by atoms with Crippen LogP contribution in [-0.4, -0.2) is 20.6 Å². The Morgan fingerprint density at radius 1 is 1.53 bits per heavy atom. The molecule has 88 valence electrons. The van der Waals surface area contributed by atoms with Gasteiger partial charge in [-0.05, 0) is 39.7 Å². The van der Waals surface area contributed by atoms with E-state index in [1.165, 1.54) is 0 Å². The number of hydrogen-bond acceptors (Lipinski definition) is 3. The molecule has 0 fully saturated rings. The molecule has 7 heteroatoms. The number of aromatic nitrogens is 2. The predicted molar refractivity (Wildman–Crippen MR) is 66.3 cm³/mol. The highest BCUT2D eigenvalue weighted by molar-refractivity contribution is 9.10. The Hall–Kier alpha value is -1.40. The average Bonchev–Trinajstić information content (AvgIpc) is 2.26. The highest BCUT2D eigenvalue weighted by Crippen LogP contribution is 2.20. The van der Waals surface area contributed by atoms with Crippen molar-refractivity contribution in [1.29, 1.82) is 0 Å². The number of nitrogens with zero attached hydrogens (tertiary/aromatic N) is 2. The number of carbonyl (C=O) groups is 1. The maximum atomic E-state index is 12.0. The maximum Gasteiger partial charge on any atom is 0.323 e. The zero-order valence-corrected chi connectivity index (χ0v) is 10.7. The number of para-hydroxylation sites is 1. The van der Waals surface area contributed by atoms with Gasteiger partial charge < -0.3 is 5.11 Å². The maximum absolute atomic E-state index is 12.0. The van der Waals surface area contributed by atoms with Crippen LogP contribution in [0.15, 0.2) is 27.5 Å². The second-order valence-electron chi connectivity index (χ2n) is 3.30. The lowest BCUT2D eigenvalue weighted by molar-refractivity contribution is -0.137. The molecule has 0 aliphatic carbocycles. The molecule has 0 bridgehead atoms. The van der Waals surface area contributed by atoms with E-state index in [0.29, 0.717) is 15.4 Å². The van der Waals surface area contributed by atoms with Crippen molar-refractivity contribution in [3.05, 3.63) is 38.3 Å².